The van der Waals surface area contributed by atoms with Crippen LogP contribution in [0.4, 0.5) is 0 Å². The SMILES string of the molecule is C[C@H]1CCCCN1S(=O)(=O)c1ccc(C(=O)N2CCN(C(=O)[C@H]3CCCO3)CC2)cc1. The fourth-order valence-electron chi connectivity index (χ4n) is 4.62. The van der Waals surface area contributed by atoms with Gasteiger partial charge in [0, 0.05) is 50.9 Å². The molecule has 0 radical (unpaired) electrons. The smallest absolute Gasteiger partial charge is 0.253 e. The number of sulfonamides is 1. The molecule has 3 saturated heterocycles. The Morgan fingerprint density at radius 2 is 1.58 bits per heavy atom. The topological polar surface area (TPSA) is 87.2 Å². The number of piperidine rings is 1. The Balaban J connectivity index is 1.37. The maximum Gasteiger partial charge on any atom is 0.253 e. The van der Waals surface area contributed by atoms with Gasteiger partial charge in [-0.25, -0.2) is 8.42 Å². The summed E-state index contributed by atoms with van der Waals surface area (Å²) in [7, 11) is -3.55. The van der Waals surface area contributed by atoms with Crippen molar-refractivity contribution in [3.05, 3.63) is 29.8 Å². The molecule has 0 aromatic heterocycles. The summed E-state index contributed by atoms with van der Waals surface area (Å²) in [4.78, 5) is 29.1. The van der Waals surface area contributed by atoms with Crippen molar-refractivity contribution in [2.24, 2.45) is 0 Å². The molecule has 0 spiro atoms. The van der Waals surface area contributed by atoms with E-state index in [1.165, 1.54) is 12.1 Å². The average molecular weight is 450 g/mol. The molecule has 9 heteroatoms. The number of carbonyl (C=O) groups excluding carboxylic acids is 2. The highest BCUT2D eigenvalue weighted by Crippen LogP contribution is 2.25. The first-order valence-corrected chi connectivity index (χ1v) is 12.6. The lowest BCUT2D eigenvalue weighted by atomic mass is 10.1. The predicted octanol–water partition coefficient (Wildman–Crippen LogP) is 1.71. The molecular weight excluding hydrogens is 418 g/mol. The van der Waals surface area contributed by atoms with Gasteiger partial charge in [-0.1, -0.05) is 6.42 Å². The van der Waals surface area contributed by atoms with Crippen LogP contribution < -0.4 is 0 Å². The number of nitrogens with zero attached hydrogens (tertiary/aromatic N) is 3. The van der Waals surface area contributed by atoms with Gasteiger partial charge in [0.1, 0.15) is 6.10 Å². The Morgan fingerprint density at radius 3 is 2.19 bits per heavy atom. The molecule has 3 aliphatic heterocycles. The molecule has 3 heterocycles. The van der Waals surface area contributed by atoms with Gasteiger partial charge < -0.3 is 14.5 Å². The zero-order valence-electron chi connectivity index (χ0n) is 18.0. The van der Waals surface area contributed by atoms with E-state index in [0.29, 0.717) is 44.9 Å². The van der Waals surface area contributed by atoms with Crippen molar-refractivity contribution in [2.75, 3.05) is 39.3 Å². The second kappa shape index (κ2) is 9.26. The van der Waals surface area contributed by atoms with Gasteiger partial charge in [-0.15, -0.1) is 0 Å². The van der Waals surface area contributed by atoms with Gasteiger partial charge in [0.15, 0.2) is 0 Å². The molecule has 4 rings (SSSR count). The highest BCUT2D eigenvalue weighted by atomic mass is 32.2. The molecule has 0 saturated carbocycles. The first-order chi connectivity index (χ1) is 14.9. The Morgan fingerprint density at radius 1 is 0.903 bits per heavy atom. The molecular formula is C22H31N3O5S. The number of benzene rings is 1. The number of ether oxygens (including phenoxy) is 1. The molecule has 0 N–H and O–H groups in total. The second-order valence-corrected chi connectivity index (χ2v) is 10.5. The van der Waals surface area contributed by atoms with E-state index in [-0.39, 0.29) is 28.9 Å². The zero-order chi connectivity index (χ0) is 22.0. The minimum absolute atomic E-state index is 0.00584. The van der Waals surface area contributed by atoms with E-state index in [1.807, 2.05) is 6.92 Å². The summed E-state index contributed by atoms with van der Waals surface area (Å²) in [5, 5.41) is 0. The van der Waals surface area contributed by atoms with Crippen LogP contribution in [0.25, 0.3) is 0 Å². The minimum Gasteiger partial charge on any atom is -0.368 e. The molecule has 170 valence electrons. The zero-order valence-corrected chi connectivity index (χ0v) is 18.8. The van der Waals surface area contributed by atoms with E-state index in [4.69, 9.17) is 4.74 Å². The largest absolute Gasteiger partial charge is 0.368 e. The van der Waals surface area contributed by atoms with E-state index in [1.54, 1.807) is 26.2 Å². The lowest BCUT2D eigenvalue weighted by Gasteiger charge is -2.35. The van der Waals surface area contributed by atoms with Crippen LogP contribution in [0.15, 0.2) is 29.2 Å². The maximum absolute atomic E-state index is 13.0. The third-order valence-electron chi connectivity index (χ3n) is 6.53. The Hall–Kier alpha value is -1.97. The van der Waals surface area contributed by atoms with Crippen LogP contribution in [0, 0.1) is 0 Å². The number of hydrogen-bond acceptors (Lipinski definition) is 5. The molecule has 0 bridgehead atoms. The van der Waals surface area contributed by atoms with E-state index >= 15 is 0 Å². The van der Waals surface area contributed by atoms with Crippen LogP contribution in [0.3, 0.4) is 0 Å². The lowest BCUT2D eigenvalue weighted by molar-refractivity contribution is -0.142. The first-order valence-electron chi connectivity index (χ1n) is 11.2. The maximum atomic E-state index is 13.0. The van der Waals surface area contributed by atoms with Crippen molar-refractivity contribution in [1.29, 1.82) is 0 Å². The van der Waals surface area contributed by atoms with E-state index in [2.05, 4.69) is 0 Å². The van der Waals surface area contributed by atoms with Crippen LogP contribution >= 0.6 is 0 Å². The van der Waals surface area contributed by atoms with Gasteiger partial charge in [-0.3, -0.25) is 9.59 Å². The van der Waals surface area contributed by atoms with Crippen molar-refractivity contribution < 1.29 is 22.7 Å². The molecule has 8 nitrogen and oxygen atoms in total. The third-order valence-corrected chi connectivity index (χ3v) is 8.56. The monoisotopic (exact) mass is 449 g/mol. The van der Waals surface area contributed by atoms with Gasteiger partial charge in [0.2, 0.25) is 10.0 Å². The number of carbonyl (C=O) groups is 2. The summed E-state index contributed by atoms with van der Waals surface area (Å²) in [5.41, 5.74) is 0.463. The summed E-state index contributed by atoms with van der Waals surface area (Å²) in [6, 6.07) is 6.23. The third kappa shape index (κ3) is 4.63. The normalized spacial score (nSPS) is 25.6. The number of amides is 2. The van der Waals surface area contributed by atoms with Crippen molar-refractivity contribution in [2.45, 2.75) is 56.1 Å². The summed E-state index contributed by atoms with van der Waals surface area (Å²) < 4.78 is 33.0. The fourth-order valence-corrected chi connectivity index (χ4v) is 6.32. The van der Waals surface area contributed by atoms with E-state index in [9.17, 15) is 18.0 Å². The summed E-state index contributed by atoms with van der Waals surface area (Å²) >= 11 is 0. The molecule has 0 aliphatic carbocycles. The molecule has 0 unspecified atom stereocenters. The number of hydrogen-bond donors (Lipinski definition) is 0. The molecule has 1 aromatic rings. The summed E-state index contributed by atoms with van der Waals surface area (Å²) in [6.45, 7) is 5.02. The summed E-state index contributed by atoms with van der Waals surface area (Å²) in [5.74, 6) is -0.120. The Labute approximate surface area is 184 Å². The average Bonchev–Trinajstić information content (AvgIpc) is 3.33. The molecule has 31 heavy (non-hydrogen) atoms. The van der Waals surface area contributed by atoms with E-state index in [0.717, 1.165) is 32.1 Å². The molecule has 2 amide bonds. The van der Waals surface area contributed by atoms with Crippen LogP contribution in [-0.4, -0.2) is 85.8 Å². The standard InChI is InChI=1S/C22H31N3O5S/c1-17-5-2-3-11-25(17)31(28,29)19-9-7-18(8-10-19)21(26)23-12-14-24(15-13-23)22(27)20-6-4-16-30-20/h7-10,17,20H,2-6,11-16H2,1H3/t17-,20+/m0/s1. The van der Waals surface area contributed by atoms with Crippen LogP contribution in [0.2, 0.25) is 0 Å². The molecule has 3 fully saturated rings. The number of piperazine rings is 1. The van der Waals surface area contributed by atoms with E-state index < -0.39 is 10.0 Å². The summed E-state index contributed by atoms with van der Waals surface area (Å²) in [6.07, 6.45) is 4.14. The fraction of sp³-hybridized carbons (Fsp3) is 0.636. The van der Waals surface area contributed by atoms with Gasteiger partial charge in [0.05, 0.1) is 4.90 Å². The van der Waals surface area contributed by atoms with Crippen molar-refractivity contribution in [1.82, 2.24) is 14.1 Å². The lowest BCUT2D eigenvalue weighted by Crippen LogP contribution is -2.52. The van der Waals surface area contributed by atoms with Gasteiger partial charge in [-0.2, -0.15) is 4.31 Å². The van der Waals surface area contributed by atoms with Gasteiger partial charge in [-0.05, 0) is 56.9 Å². The predicted molar refractivity (Wildman–Crippen MR) is 115 cm³/mol. The van der Waals surface area contributed by atoms with Crippen LogP contribution in [0.1, 0.15) is 49.4 Å². The van der Waals surface area contributed by atoms with Crippen molar-refractivity contribution in [3.63, 3.8) is 0 Å². The number of rotatable bonds is 4. The molecule has 3 aliphatic rings. The van der Waals surface area contributed by atoms with Crippen LogP contribution in [0.5, 0.6) is 0 Å². The van der Waals surface area contributed by atoms with Crippen LogP contribution in [-0.2, 0) is 19.6 Å². The minimum atomic E-state index is -3.55. The first kappa shape index (κ1) is 22.2. The molecule has 2 atom stereocenters. The Bertz CT molecular complexity index is 904. The van der Waals surface area contributed by atoms with Crippen molar-refractivity contribution >= 4 is 21.8 Å². The highest BCUT2D eigenvalue weighted by molar-refractivity contribution is 7.89. The molecule has 1 aromatic carbocycles. The highest BCUT2D eigenvalue weighted by Gasteiger charge is 2.33. The van der Waals surface area contributed by atoms with Crippen molar-refractivity contribution in [3.8, 4) is 0 Å². The second-order valence-electron chi connectivity index (χ2n) is 8.60. The quantitative estimate of drug-likeness (QED) is 0.699. The van der Waals surface area contributed by atoms with Gasteiger partial charge in [0.25, 0.3) is 11.8 Å². The Kier molecular flexibility index (Phi) is 6.64. The van der Waals surface area contributed by atoms with Gasteiger partial charge >= 0.3 is 0 Å².